The maximum absolute atomic E-state index is 11.3. The van der Waals surface area contributed by atoms with E-state index in [1.165, 1.54) is 12.1 Å². The van der Waals surface area contributed by atoms with E-state index in [-0.39, 0.29) is 12.5 Å². The minimum atomic E-state index is -0.616. The molecule has 6 heteroatoms. The Hall–Kier alpha value is -0.810. The summed E-state index contributed by atoms with van der Waals surface area (Å²) >= 11 is 11.7. The molecule has 4 nitrogen and oxygen atoms in total. The van der Waals surface area contributed by atoms with Crippen LogP contribution in [0.5, 0.6) is 0 Å². The first-order valence-corrected chi connectivity index (χ1v) is 5.36. The van der Waals surface area contributed by atoms with Crippen LogP contribution in [0.3, 0.4) is 0 Å². The number of hydrogen-bond donors (Lipinski definition) is 3. The van der Waals surface area contributed by atoms with Gasteiger partial charge in [-0.3, -0.25) is 4.79 Å². The number of aliphatic hydroxyl groups is 1. The van der Waals surface area contributed by atoms with Gasteiger partial charge in [-0.15, -0.1) is 0 Å². The molecule has 0 aromatic heterocycles. The number of anilines is 1. The summed E-state index contributed by atoms with van der Waals surface area (Å²) in [6.45, 7) is 1.32. The molecule has 0 aliphatic heterocycles. The average molecular weight is 263 g/mol. The molecule has 0 bridgehead atoms. The fourth-order valence-electron chi connectivity index (χ4n) is 1.08. The molecular formula is C10H12Cl2N2O2. The molecule has 1 amide bonds. The van der Waals surface area contributed by atoms with Crippen LogP contribution in [-0.4, -0.2) is 17.1 Å². The SMILES string of the molecule is C[C@H](N)C(=O)Nc1cc(Cl)c(CO)c(Cl)c1. The summed E-state index contributed by atoms with van der Waals surface area (Å²) in [4.78, 5) is 11.3. The summed E-state index contributed by atoms with van der Waals surface area (Å²) in [5, 5.41) is 12.1. The molecule has 0 unspecified atom stereocenters. The van der Waals surface area contributed by atoms with E-state index in [9.17, 15) is 4.79 Å². The Kier molecular flexibility index (Phi) is 4.56. The van der Waals surface area contributed by atoms with Gasteiger partial charge in [0.25, 0.3) is 0 Å². The molecule has 0 radical (unpaired) electrons. The van der Waals surface area contributed by atoms with Crippen LogP contribution in [-0.2, 0) is 11.4 Å². The van der Waals surface area contributed by atoms with Crippen molar-refractivity contribution in [2.75, 3.05) is 5.32 Å². The van der Waals surface area contributed by atoms with Crippen LogP contribution in [0.1, 0.15) is 12.5 Å². The summed E-state index contributed by atoms with van der Waals surface area (Å²) in [7, 11) is 0. The van der Waals surface area contributed by atoms with E-state index in [4.69, 9.17) is 34.0 Å². The lowest BCUT2D eigenvalue weighted by Crippen LogP contribution is -2.32. The molecule has 0 fully saturated rings. The summed E-state index contributed by atoms with van der Waals surface area (Å²) in [5.74, 6) is -0.330. The van der Waals surface area contributed by atoms with Crippen molar-refractivity contribution in [2.24, 2.45) is 5.73 Å². The van der Waals surface area contributed by atoms with Crippen molar-refractivity contribution in [2.45, 2.75) is 19.6 Å². The predicted molar refractivity (Wildman–Crippen MR) is 64.7 cm³/mol. The van der Waals surface area contributed by atoms with Crippen molar-refractivity contribution in [1.82, 2.24) is 0 Å². The standard InChI is InChI=1S/C10H12Cl2N2O2/c1-5(13)10(16)14-6-2-8(11)7(4-15)9(12)3-6/h2-3,5,15H,4,13H2,1H3,(H,14,16)/t5-/m0/s1. The normalized spacial score (nSPS) is 12.3. The number of amides is 1. The number of aliphatic hydroxyl groups excluding tert-OH is 1. The lowest BCUT2D eigenvalue weighted by atomic mass is 10.2. The second kappa shape index (κ2) is 5.50. The van der Waals surface area contributed by atoms with Crippen LogP contribution in [0.25, 0.3) is 0 Å². The van der Waals surface area contributed by atoms with Gasteiger partial charge in [0.1, 0.15) is 0 Å². The van der Waals surface area contributed by atoms with Gasteiger partial charge in [-0.2, -0.15) is 0 Å². The van der Waals surface area contributed by atoms with Crippen LogP contribution < -0.4 is 11.1 Å². The monoisotopic (exact) mass is 262 g/mol. The van der Waals surface area contributed by atoms with Gasteiger partial charge in [-0.25, -0.2) is 0 Å². The highest BCUT2D eigenvalue weighted by atomic mass is 35.5. The molecule has 16 heavy (non-hydrogen) atoms. The minimum Gasteiger partial charge on any atom is -0.392 e. The zero-order chi connectivity index (χ0) is 12.3. The molecule has 0 aliphatic carbocycles. The Morgan fingerprint density at radius 2 is 2.00 bits per heavy atom. The fourth-order valence-corrected chi connectivity index (χ4v) is 1.69. The van der Waals surface area contributed by atoms with E-state index in [0.717, 1.165) is 0 Å². The third-order valence-corrected chi connectivity index (χ3v) is 2.65. The highest BCUT2D eigenvalue weighted by Crippen LogP contribution is 2.29. The minimum absolute atomic E-state index is 0.251. The van der Waals surface area contributed by atoms with Gasteiger partial charge in [-0.05, 0) is 19.1 Å². The highest BCUT2D eigenvalue weighted by Gasteiger charge is 2.11. The van der Waals surface area contributed by atoms with Crippen LogP contribution in [0.15, 0.2) is 12.1 Å². The smallest absolute Gasteiger partial charge is 0.241 e. The number of benzene rings is 1. The zero-order valence-electron chi connectivity index (χ0n) is 8.63. The van der Waals surface area contributed by atoms with Gasteiger partial charge in [0.2, 0.25) is 5.91 Å². The van der Waals surface area contributed by atoms with Crippen molar-refractivity contribution in [3.8, 4) is 0 Å². The Labute approximate surface area is 103 Å². The summed E-state index contributed by atoms with van der Waals surface area (Å²) in [5.41, 5.74) is 6.28. The Balaban J connectivity index is 2.96. The predicted octanol–water partition coefficient (Wildman–Crippen LogP) is 1.77. The number of rotatable bonds is 3. The molecular weight excluding hydrogens is 251 g/mol. The Morgan fingerprint density at radius 1 is 1.50 bits per heavy atom. The summed E-state index contributed by atoms with van der Waals surface area (Å²) in [6, 6.07) is 2.41. The molecule has 0 heterocycles. The van der Waals surface area contributed by atoms with Crippen LogP contribution in [0, 0.1) is 0 Å². The highest BCUT2D eigenvalue weighted by molar-refractivity contribution is 6.36. The van der Waals surface area contributed by atoms with E-state index in [0.29, 0.717) is 21.3 Å². The second-order valence-corrected chi connectivity index (χ2v) is 4.17. The molecule has 1 aromatic carbocycles. The van der Waals surface area contributed by atoms with Gasteiger partial charge in [0, 0.05) is 21.3 Å². The molecule has 1 atom stereocenters. The quantitative estimate of drug-likeness (QED) is 0.777. The van der Waals surface area contributed by atoms with Gasteiger partial charge >= 0.3 is 0 Å². The zero-order valence-corrected chi connectivity index (χ0v) is 10.1. The van der Waals surface area contributed by atoms with Gasteiger partial charge in [-0.1, -0.05) is 23.2 Å². The van der Waals surface area contributed by atoms with E-state index in [2.05, 4.69) is 5.32 Å². The van der Waals surface area contributed by atoms with Crippen LogP contribution in [0.4, 0.5) is 5.69 Å². The van der Waals surface area contributed by atoms with Gasteiger partial charge in [0.05, 0.1) is 12.6 Å². The van der Waals surface area contributed by atoms with E-state index >= 15 is 0 Å². The molecule has 1 aromatic rings. The van der Waals surface area contributed by atoms with Crippen molar-refractivity contribution >= 4 is 34.8 Å². The van der Waals surface area contributed by atoms with Crippen LogP contribution >= 0.6 is 23.2 Å². The van der Waals surface area contributed by atoms with E-state index < -0.39 is 6.04 Å². The first-order chi connectivity index (χ1) is 7.45. The average Bonchev–Trinajstić information content (AvgIpc) is 2.16. The molecule has 0 spiro atoms. The van der Waals surface area contributed by atoms with E-state index in [1.807, 2.05) is 0 Å². The third-order valence-electron chi connectivity index (χ3n) is 1.98. The molecule has 0 saturated heterocycles. The lowest BCUT2D eigenvalue weighted by molar-refractivity contribution is -0.117. The van der Waals surface area contributed by atoms with Gasteiger partial charge < -0.3 is 16.2 Å². The van der Waals surface area contributed by atoms with Gasteiger partial charge in [0.15, 0.2) is 0 Å². The second-order valence-electron chi connectivity index (χ2n) is 3.35. The lowest BCUT2D eigenvalue weighted by Gasteiger charge is -2.10. The summed E-state index contributed by atoms with van der Waals surface area (Å²) < 4.78 is 0. The number of carbonyl (C=O) groups excluding carboxylic acids is 1. The maximum Gasteiger partial charge on any atom is 0.241 e. The molecule has 0 saturated carbocycles. The molecule has 4 N–H and O–H groups in total. The summed E-state index contributed by atoms with van der Waals surface area (Å²) in [6.07, 6.45) is 0. The Morgan fingerprint density at radius 3 is 2.38 bits per heavy atom. The number of nitrogens with one attached hydrogen (secondary N) is 1. The molecule has 88 valence electrons. The first kappa shape index (κ1) is 13.3. The number of halogens is 2. The van der Waals surface area contributed by atoms with Crippen LogP contribution in [0.2, 0.25) is 10.0 Å². The van der Waals surface area contributed by atoms with E-state index in [1.54, 1.807) is 6.92 Å². The number of carbonyl (C=O) groups is 1. The Bertz CT molecular complexity index is 385. The first-order valence-electron chi connectivity index (χ1n) is 4.61. The largest absolute Gasteiger partial charge is 0.392 e. The van der Waals surface area contributed by atoms with Crippen molar-refractivity contribution in [3.05, 3.63) is 27.7 Å². The van der Waals surface area contributed by atoms with Crippen molar-refractivity contribution in [1.29, 1.82) is 0 Å². The fraction of sp³-hybridized carbons (Fsp3) is 0.300. The van der Waals surface area contributed by atoms with Crippen molar-refractivity contribution < 1.29 is 9.90 Å². The number of nitrogens with two attached hydrogens (primary N) is 1. The van der Waals surface area contributed by atoms with Crippen molar-refractivity contribution in [3.63, 3.8) is 0 Å². The third kappa shape index (κ3) is 3.09. The molecule has 1 rings (SSSR count). The number of hydrogen-bond acceptors (Lipinski definition) is 3. The maximum atomic E-state index is 11.3. The topological polar surface area (TPSA) is 75.4 Å². The molecule has 0 aliphatic rings.